The molecule has 32 heavy (non-hydrogen) atoms. The van der Waals surface area contributed by atoms with Crippen LogP contribution in [0.4, 0.5) is 5.69 Å². The molecule has 0 radical (unpaired) electrons. The van der Waals surface area contributed by atoms with E-state index in [4.69, 9.17) is 0 Å². The van der Waals surface area contributed by atoms with E-state index >= 15 is 0 Å². The Balaban J connectivity index is 1.41. The molecule has 4 aromatic rings. The predicted molar refractivity (Wildman–Crippen MR) is 129 cm³/mol. The van der Waals surface area contributed by atoms with Crippen LogP contribution in [0, 0.1) is 6.92 Å². The summed E-state index contributed by atoms with van der Waals surface area (Å²) >= 11 is 0. The van der Waals surface area contributed by atoms with E-state index in [1.807, 2.05) is 37.4 Å². The van der Waals surface area contributed by atoms with Crippen LogP contribution in [0.5, 0.6) is 0 Å². The molecule has 0 fully saturated rings. The van der Waals surface area contributed by atoms with Crippen LogP contribution in [-0.4, -0.2) is 23.3 Å². The number of fused-ring (bicyclic) bond motifs is 1. The number of rotatable bonds is 7. The van der Waals surface area contributed by atoms with Crippen molar-refractivity contribution in [3.8, 4) is 0 Å². The fourth-order valence-electron chi connectivity index (χ4n) is 3.87. The van der Waals surface area contributed by atoms with Gasteiger partial charge in [-0.15, -0.1) is 0 Å². The van der Waals surface area contributed by atoms with Gasteiger partial charge in [0.05, 0.1) is 0 Å². The van der Waals surface area contributed by atoms with Gasteiger partial charge in [0.25, 0.3) is 11.8 Å². The van der Waals surface area contributed by atoms with Gasteiger partial charge in [0.15, 0.2) is 0 Å². The number of hydrogen-bond donors (Lipinski definition) is 3. The van der Waals surface area contributed by atoms with Gasteiger partial charge < -0.3 is 15.6 Å². The molecule has 0 aliphatic heterocycles. The van der Waals surface area contributed by atoms with Gasteiger partial charge in [-0.05, 0) is 60.7 Å². The van der Waals surface area contributed by atoms with Crippen molar-refractivity contribution in [3.05, 3.63) is 101 Å². The number of carbonyl (C=O) groups is 2. The second-order valence-electron chi connectivity index (χ2n) is 7.86. The Labute approximate surface area is 187 Å². The average Bonchev–Trinajstić information content (AvgIpc) is 3.24. The van der Waals surface area contributed by atoms with E-state index in [0.29, 0.717) is 23.4 Å². The van der Waals surface area contributed by atoms with Crippen molar-refractivity contribution in [1.29, 1.82) is 0 Å². The molecule has 162 valence electrons. The van der Waals surface area contributed by atoms with Crippen molar-refractivity contribution in [3.63, 3.8) is 0 Å². The van der Waals surface area contributed by atoms with Gasteiger partial charge in [0.1, 0.15) is 0 Å². The lowest BCUT2D eigenvalue weighted by Crippen LogP contribution is -2.26. The molecule has 3 N–H and O–H groups in total. The van der Waals surface area contributed by atoms with E-state index in [0.717, 1.165) is 18.4 Å². The Morgan fingerprint density at radius 2 is 1.69 bits per heavy atom. The summed E-state index contributed by atoms with van der Waals surface area (Å²) in [4.78, 5) is 28.6. The Morgan fingerprint density at radius 1 is 0.875 bits per heavy atom. The minimum Gasteiger partial charge on any atom is -0.361 e. The molecule has 5 nitrogen and oxygen atoms in total. The van der Waals surface area contributed by atoms with Gasteiger partial charge in [-0.2, -0.15) is 0 Å². The number of aromatic amines is 1. The third-order valence-corrected chi connectivity index (χ3v) is 5.73. The first-order valence-electron chi connectivity index (χ1n) is 10.9. The van der Waals surface area contributed by atoms with Gasteiger partial charge in [-0.3, -0.25) is 9.59 Å². The first-order chi connectivity index (χ1) is 15.6. The molecule has 5 heteroatoms. The number of carbonyl (C=O) groups excluding carboxylic acids is 2. The fourth-order valence-corrected chi connectivity index (χ4v) is 3.87. The van der Waals surface area contributed by atoms with E-state index in [1.165, 1.54) is 22.0 Å². The topological polar surface area (TPSA) is 74.0 Å². The first kappa shape index (κ1) is 21.4. The molecule has 1 heterocycles. The van der Waals surface area contributed by atoms with E-state index < -0.39 is 0 Å². The second-order valence-corrected chi connectivity index (χ2v) is 7.86. The summed E-state index contributed by atoms with van der Waals surface area (Å²) in [6.07, 6.45) is 3.74. The Morgan fingerprint density at radius 3 is 2.47 bits per heavy atom. The Bertz CT molecular complexity index is 1260. The SMILES string of the molecule is CCc1cccc2c(CCNC(=O)c3ccc(C)c(NC(=O)c4ccccc4)c3)c[nH]c12. The van der Waals surface area contributed by atoms with Gasteiger partial charge >= 0.3 is 0 Å². The summed E-state index contributed by atoms with van der Waals surface area (Å²) in [5.74, 6) is -0.355. The number of anilines is 1. The van der Waals surface area contributed by atoms with Gasteiger partial charge in [0, 0.05) is 40.5 Å². The zero-order chi connectivity index (χ0) is 22.5. The van der Waals surface area contributed by atoms with Crippen LogP contribution in [0.25, 0.3) is 10.9 Å². The lowest BCUT2D eigenvalue weighted by molar-refractivity contribution is 0.0952. The van der Waals surface area contributed by atoms with E-state index in [1.54, 1.807) is 24.3 Å². The summed E-state index contributed by atoms with van der Waals surface area (Å²) in [6.45, 7) is 4.58. The van der Waals surface area contributed by atoms with E-state index in [-0.39, 0.29) is 11.8 Å². The number of aromatic nitrogens is 1. The number of nitrogens with one attached hydrogen (secondary N) is 3. The van der Waals surface area contributed by atoms with Crippen molar-refractivity contribution in [2.75, 3.05) is 11.9 Å². The average molecular weight is 426 g/mol. The van der Waals surface area contributed by atoms with E-state index in [2.05, 4.69) is 40.7 Å². The molecule has 2 amide bonds. The first-order valence-corrected chi connectivity index (χ1v) is 10.9. The predicted octanol–water partition coefficient (Wildman–Crippen LogP) is 5.26. The third kappa shape index (κ3) is 4.57. The zero-order valence-electron chi connectivity index (χ0n) is 18.4. The molecular formula is C27H27N3O2. The number of amides is 2. The van der Waals surface area contributed by atoms with Gasteiger partial charge in [-0.1, -0.05) is 49.4 Å². The van der Waals surface area contributed by atoms with Gasteiger partial charge in [-0.25, -0.2) is 0 Å². The number of benzene rings is 3. The normalized spacial score (nSPS) is 10.8. The summed E-state index contributed by atoms with van der Waals surface area (Å²) in [7, 11) is 0. The molecule has 0 atom stereocenters. The second kappa shape index (κ2) is 9.52. The fraction of sp³-hybridized carbons (Fsp3) is 0.185. The number of aryl methyl sites for hydroxylation is 2. The Hall–Kier alpha value is -3.86. The van der Waals surface area contributed by atoms with Crippen LogP contribution in [0.2, 0.25) is 0 Å². The standard InChI is InChI=1S/C27H27N3O2/c1-3-19-10-7-11-23-22(17-29-25(19)23)14-15-28-26(31)21-13-12-18(2)24(16-21)30-27(32)20-8-5-4-6-9-20/h4-13,16-17,29H,3,14-15H2,1-2H3,(H,28,31)(H,30,32). The van der Waals surface area contributed by atoms with Gasteiger partial charge in [0.2, 0.25) is 0 Å². The zero-order valence-corrected chi connectivity index (χ0v) is 18.4. The Kier molecular flexibility index (Phi) is 6.36. The number of hydrogen-bond acceptors (Lipinski definition) is 2. The molecule has 0 aliphatic rings. The minimum atomic E-state index is -0.197. The van der Waals surface area contributed by atoms with Crippen molar-refractivity contribution in [2.24, 2.45) is 0 Å². The highest BCUT2D eigenvalue weighted by molar-refractivity contribution is 6.05. The molecule has 0 saturated carbocycles. The minimum absolute atomic E-state index is 0.158. The van der Waals surface area contributed by atoms with Crippen molar-refractivity contribution in [1.82, 2.24) is 10.3 Å². The van der Waals surface area contributed by atoms with Crippen LogP contribution in [0.3, 0.4) is 0 Å². The smallest absolute Gasteiger partial charge is 0.255 e. The molecule has 0 spiro atoms. The van der Waals surface area contributed by atoms with Crippen LogP contribution < -0.4 is 10.6 Å². The van der Waals surface area contributed by atoms with Crippen LogP contribution in [0.15, 0.2) is 72.9 Å². The molecule has 0 bridgehead atoms. The van der Waals surface area contributed by atoms with Crippen molar-refractivity contribution in [2.45, 2.75) is 26.7 Å². The molecular weight excluding hydrogens is 398 g/mol. The highest BCUT2D eigenvalue weighted by Gasteiger charge is 2.12. The highest BCUT2D eigenvalue weighted by atomic mass is 16.2. The molecule has 1 aromatic heterocycles. The largest absolute Gasteiger partial charge is 0.361 e. The summed E-state index contributed by atoms with van der Waals surface area (Å²) in [5, 5.41) is 7.11. The lowest BCUT2D eigenvalue weighted by Gasteiger charge is -2.11. The third-order valence-electron chi connectivity index (χ3n) is 5.73. The summed E-state index contributed by atoms with van der Waals surface area (Å²) in [5.41, 5.74) is 6.29. The molecule has 0 unspecified atom stereocenters. The highest BCUT2D eigenvalue weighted by Crippen LogP contribution is 2.22. The van der Waals surface area contributed by atoms with Crippen molar-refractivity contribution >= 4 is 28.4 Å². The van der Waals surface area contributed by atoms with Crippen LogP contribution in [-0.2, 0) is 12.8 Å². The molecule has 3 aromatic carbocycles. The summed E-state index contributed by atoms with van der Waals surface area (Å²) in [6, 6.07) is 20.7. The quantitative estimate of drug-likeness (QED) is 0.378. The maximum absolute atomic E-state index is 12.7. The molecule has 4 rings (SSSR count). The van der Waals surface area contributed by atoms with Crippen molar-refractivity contribution < 1.29 is 9.59 Å². The lowest BCUT2D eigenvalue weighted by atomic mass is 10.1. The maximum Gasteiger partial charge on any atom is 0.255 e. The van der Waals surface area contributed by atoms with Crippen LogP contribution in [0.1, 0.15) is 44.3 Å². The molecule has 0 saturated heterocycles. The molecule has 0 aliphatic carbocycles. The van der Waals surface area contributed by atoms with E-state index in [9.17, 15) is 9.59 Å². The maximum atomic E-state index is 12.7. The number of H-pyrrole nitrogens is 1. The summed E-state index contributed by atoms with van der Waals surface area (Å²) < 4.78 is 0. The number of para-hydroxylation sites is 1. The van der Waals surface area contributed by atoms with Crippen LogP contribution >= 0.6 is 0 Å². The monoisotopic (exact) mass is 425 g/mol.